The van der Waals surface area contributed by atoms with Crippen LogP contribution in [0.5, 0.6) is 5.75 Å². The van der Waals surface area contributed by atoms with Gasteiger partial charge in [0.05, 0.1) is 6.61 Å². The molecule has 2 nitrogen and oxygen atoms in total. The summed E-state index contributed by atoms with van der Waals surface area (Å²) >= 11 is 6.11. The Morgan fingerprint density at radius 3 is 2.53 bits per heavy atom. The first-order chi connectivity index (χ1) is 8.35. The molecular formula is C14H19ClO2. The summed E-state index contributed by atoms with van der Waals surface area (Å²) in [5.41, 5.74) is 0.217. The van der Waals surface area contributed by atoms with Gasteiger partial charge in [-0.3, -0.25) is 0 Å². The van der Waals surface area contributed by atoms with Gasteiger partial charge in [-0.2, -0.15) is 0 Å². The third kappa shape index (κ3) is 3.62. The molecule has 17 heavy (non-hydrogen) atoms. The number of para-hydroxylation sites is 1. The summed E-state index contributed by atoms with van der Waals surface area (Å²) in [5.74, 6) is 1.64. The highest BCUT2D eigenvalue weighted by Crippen LogP contribution is 2.35. The van der Waals surface area contributed by atoms with Crippen molar-refractivity contribution in [2.24, 2.45) is 5.41 Å². The fourth-order valence-electron chi connectivity index (χ4n) is 2.16. The average Bonchev–Trinajstić information content (AvgIpc) is 2.41. The molecule has 0 spiro atoms. The van der Waals surface area contributed by atoms with Gasteiger partial charge in [0.1, 0.15) is 5.75 Å². The Morgan fingerprint density at radius 2 is 1.88 bits per heavy atom. The van der Waals surface area contributed by atoms with Crippen molar-refractivity contribution >= 4 is 11.6 Å². The van der Waals surface area contributed by atoms with E-state index in [1.165, 1.54) is 0 Å². The van der Waals surface area contributed by atoms with Gasteiger partial charge in [-0.1, -0.05) is 18.2 Å². The maximum Gasteiger partial charge on any atom is 0.119 e. The van der Waals surface area contributed by atoms with Gasteiger partial charge in [0, 0.05) is 19.1 Å². The van der Waals surface area contributed by atoms with Crippen LogP contribution in [0.4, 0.5) is 0 Å². The van der Waals surface area contributed by atoms with Crippen LogP contribution in [0.25, 0.3) is 0 Å². The Kier molecular flexibility index (Phi) is 4.69. The minimum Gasteiger partial charge on any atom is -0.494 e. The van der Waals surface area contributed by atoms with Crippen LogP contribution in [-0.2, 0) is 4.74 Å². The van der Waals surface area contributed by atoms with E-state index in [0.29, 0.717) is 5.88 Å². The molecule has 0 aliphatic carbocycles. The van der Waals surface area contributed by atoms with Crippen LogP contribution in [0.1, 0.15) is 19.3 Å². The van der Waals surface area contributed by atoms with Crippen LogP contribution >= 0.6 is 11.6 Å². The average molecular weight is 255 g/mol. The van der Waals surface area contributed by atoms with E-state index < -0.39 is 0 Å². The molecule has 0 radical (unpaired) electrons. The zero-order chi connectivity index (χ0) is 12.0. The van der Waals surface area contributed by atoms with Crippen LogP contribution in [0.3, 0.4) is 0 Å². The summed E-state index contributed by atoms with van der Waals surface area (Å²) in [7, 11) is 0. The second-order valence-electron chi connectivity index (χ2n) is 4.66. The fraction of sp³-hybridized carbons (Fsp3) is 0.571. The van der Waals surface area contributed by atoms with E-state index in [2.05, 4.69) is 0 Å². The van der Waals surface area contributed by atoms with Gasteiger partial charge in [-0.05, 0) is 36.8 Å². The molecule has 0 aromatic heterocycles. The van der Waals surface area contributed by atoms with Crippen LogP contribution < -0.4 is 4.74 Å². The summed E-state index contributed by atoms with van der Waals surface area (Å²) in [6, 6.07) is 9.93. The first kappa shape index (κ1) is 12.7. The lowest BCUT2D eigenvalue weighted by Crippen LogP contribution is -2.32. The maximum atomic E-state index is 6.11. The van der Waals surface area contributed by atoms with Crippen molar-refractivity contribution in [2.45, 2.75) is 19.3 Å². The van der Waals surface area contributed by atoms with Gasteiger partial charge in [-0.25, -0.2) is 0 Å². The first-order valence-corrected chi connectivity index (χ1v) is 6.70. The van der Waals surface area contributed by atoms with Crippen molar-refractivity contribution in [3.05, 3.63) is 30.3 Å². The van der Waals surface area contributed by atoms with Crippen molar-refractivity contribution in [3.8, 4) is 5.75 Å². The Balaban J connectivity index is 1.80. The number of halogens is 1. The highest BCUT2D eigenvalue weighted by atomic mass is 35.5. The van der Waals surface area contributed by atoms with Gasteiger partial charge in [0.25, 0.3) is 0 Å². The van der Waals surface area contributed by atoms with Gasteiger partial charge in [0.2, 0.25) is 0 Å². The monoisotopic (exact) mass is 254 g/mol. The highest BCUT2D eigenvalue weighted by molar-refractivity contribution is 6.18. The summed E-state index contributed by atoms with van der Waals surface area (Å²) in [5, 5.41) is 0. The molecule has 1 aromatic rings. The van der Waals surface area contributed by atoms with Gasteiger partial charge < -0.3 is 9.47 Å². The fourth-order valence-corrected chi connectivity index (χ4v) is 2.56. The van der Waals surface area contributed by atoms with E-state index >= 15 is 0 Å². The normalized spacial score (nSPS) is 18.9. The van der Waals surface area contributed by atoms with Gasteiger partial charge in [0.15, 0.2) is 0 Å². The molecular weight excluding hydrogens is 236 g/mol. The predicted molar refractivity (Wildman–Crippen MR) is 69.8 cm³/mol. The minimum atomic E-state index is 0.217. The van der Waals surface area contributed by atoms with Crippen LogP contribution in [0, 0.1) is 5.41 Å². The Labute approximate surface area is 108 Å². The van der Waals surface area contributed by atoms with E-state index in [1.54, 1.807) is 0 Å². The molecule has 0 bridgehead atoms. The lowest BCUT2D eigenvalue weighted by molar-refractivity contribution is 0.0155. The molecule has 0 N–H and O–H groups in total. The van der Waals surface area contributed by atoms with Gasteiger partial charge >= 0.3 is 0 Å². The number of alkyl halides is 1. The van der Waals surface area contributed by atoms with Crippen molar-refractivity contribution < 1.29 is 9.47 Å². The topological polar surface area (TPSA) is 18.5 Å². The van der Waals surface area contributed by atoms with E-state index in [9.17, 15) is 0 Å². The third-order valence-electron chi connectivity index (χ3n) is 3.48. The second-order valence-corrected chi connectivity index (χ2v) is 4.92. The lowest BCUT2D eigenvalue weighted by Gasteiger charge is -2.35. The van der Waals surface area contributed by atoms with Crippen molar-refractivity contribution in [2.75, 3.05) is 25.7 Å². The molecule has 1 aliphatic rings. The van der Waals surface area contributed by atoms with Crippen LogP contribution in [0.2, 0.25) is 0 Å². The number of hydrogen-bond donors (Lipinski definition) is 0. The smallest absolute Gasteiger partial charge is 0.119 e. The molecule has 94 valence electrons. The third-order valence-corrected chi connectivity index (χ3v) is 4.05. The number of benzene rings is 1. The van der Waals surface area contributed by atoms with Crippen LogP contribution in [0.15, 0.2) is 30.3 Å². The zero-order valence-electron chi connectivity index (χ0n) is 10.0. The molecule has 1 fully saturated rings. The number of hydrogen-bond acceptors (Lipinski definition) is 2. The molecule has 0 atom stereocenters. The molecule has 1 saturated heterocycles. The first-order valence-electron chi connectivity index (χ1n) is 6.16. The second kappa shape index (κ2) is 6.27. The molecule has 0 amide bonds. The standard InChI is InChI=1S/C14H19ClO2/c15-12-14(6-9-16-10-7-14)8-11-17-13-4-2-1-3-5-13/h1-5H,6-12H2. The van der Waals surface area contributed by atoms with Gasteiger partial charge in [-0.15, -0.1) is 11.6 Å². The summed E-state index contributed by atoms with van der Waals surface area (Å²) < 4.78 is 11.1. The van der Waals surface area contributed by atoms with Crippen molar-refractivity contribution in [1.82, 2.24) is 0 Å². The van der Waals surface area contributed by atoms with E-state index in [1.807, 2.05) is 30.3 Å². The quantitative estimate of drug-likeness (QED) is 0.749. The summed E-state index contributed by atoms with van der Waals surface area (Å²) in [6.45, 7) is 2.40. The SMILES string of the molecule is ClCC1(CCOc2ccccc2)CCOCC1. The number of rotatable bonds is 5. The Bertz CT molecular complexity index is 320. The van der Waals surface area contributed by atoms with E-state index in [-0.39, 0.29) is 5.41 Å². The Hall–Kier alpha value is -0.730. The molecule has 1 heterocycles. The maximum absolute atomic E-state index is 6.11. The molecule has 3 heteroatoms. The van der Waals surface area contributed by atoms with E-state index in [4.69, 9.17) is 21.1 Å². The zero-order valence-corrected chi connectivity index (χ0v) is 10.8. The molecule has 2 rings (SSSR count). The lowest BCUT2D eigenvalue weighted by atomic mass is 9.79. The highest BCUT2D eigenvalue weighted by Gasteiger charge is 2.31. The van der Waals surface area contributed by atoms with Crippen LogP contribution in [-0.4, -0.2) is 25.7 Å². The van der Waals surface area contributed by atoms with Crippen molar-refractivity contribution in [3.63, 3.8) is 0 Å². The Morgan fingerprint density at radius 1 is 1.18 bits per heavy atom. The van der Waals surface area contributed by atoms with Crippen molar-refractivity contribution in [1.29, 1.82) is 0 Å². The molecule has 1 aliphatic heterocycles. The summed E-state index contributed by atoms with van der Waals surface area (Å²) in [6.07, 6.45) is 3.11. The van der Waals surface area contributed by atoms with E-state index in [0.717, 1.165) is 44.8 Å². The minimum absolute atomic E-state index is 0.217. The molecule has 0 unspecified atom stereocenters. The molecule has 0 saturated carbocycles. The number of ether oxygens (including phenoxy) is 2. The predicted octanol–water partition coefficient (Wildman–Crippen LogP) is 3.49. The molecule has 1 aromatic carbocycles. The summed E-state index contributed by atoms with van der Waals surface area (Å²) in [4.78, 5) is 0. The largest absolute Gasteiger partial charge is 0.494 e.